The molecule has 0 saturated heterocycles. The van der Waals surface area contributed by atoms with Gasteiger partial charge in [-0.05, 0) is 18.4 Å². The minimum Gasteiger partial charge on any atom is -0.397 e. The van der Waals surface area contributed by atoms with Crippen LogP contribution in [-0.4, -0.2) is 6.54 Å². The maximum atomic E-state index is 13.9. The highest BCUT2D eigenvalue weighted by Crippen LogP contribution is 2.34. The molecule has 0 aliphatic heterocycles. The molecule has 1 aromatic rings. The fourth-order valence-electron chi connectivity index (χ4n) is 2.72. The fourth-order valence-corrected chi connectivity index (χ4v) is 2.87. The highest BCUT2D eigenvalue weighted by atomic mass is 35.5. The normalized spacial score (nSPS) is 16.5. The van der Waals surface area contributed by atoms with Crippen LogP contribution < -0.4 is 16.8 Å². The van der Waals surface area contributed by atoms with Crippen LogP contribution in [0.1, 0.15) is 38.5 Å². The smallest absolute Gasteiger partial charge is 0.169 e. The van der Waals surface area contributed by atoms with E-state index in [0.717, 1.165) is 12.3 Å². The first-order chi connectivity index (χ1) is 9.09. The molecule has 1 aliphatic rings. The third-order valence-electron chi connectivity index (χ3n) is 3.84. The Bertz CT molecular complexity index is 445. The highest BCUT2D eigenvalue weighted by molar-refractivity contribution is 6.33. The first-order valence-electron chi connectivity index (χ1n) is 6.86. The summed E-state index contributed by atoms with van der Waals surface area (Å²) in [6.45, 7) is 0.714. The lowest BCUT2D eigenvalue weighted by molar-refractivity contribution is 0.345. The standard InChI is InChI=1S/C14H21ClFN3/c15-12-10(17)8-11(18)14(13(12)16)19-7-6-9-4-2-1-3-5-9/h8-9,19H,1-7,17-18H2. The predicted octanol–water partition coefficient (Wildman–Crippen LogP) is 4.03. The highest BCUT2D eigenvalue weighted by Gasteiger charge is 2.16. The molecule has 0 atom stereocenters. The van der Waals surface area contributed by atoms with Crippen molar-refractivity contribution in [2.24, 2.45) is 5.92 Å². The van der Waals surface area contributed by atoms with Gasteiger partial charge in [-0.2, -0.15) is 0 Å². The first-order valence-corrected chi connectivity index (χ1v) is 7.24. The van der Waals surface area contributed by atoms with Crippen molar-refractivity contribution in [1.29, 1.82) is 0 Å². The first kappa shape index (κ1) is 14.3. The Morgan fingerprint density at radius 3 is 2.58 bits per heavy atom. The molecule has 5 N–H and O–H groups in total. The maximum absolute atomic E-state index is 13.9. The van der Waals surface area contributed by atoms with Gasteiger partial charge in [0.25, 0.3) is 0 Å². The van der Waals surface area contributed by atoms with Crippen molar-refractivity contribution < 1.29 is 4.39 Å². The number of nitrogens with two attached hydrogens (primary N) is 2. The van der Waals surface area contributed by atoms with E-state index >= 15 is 0 Å². The molecule has 1 aliphatic carbocycles. The van der Waals surface area contributed by atoms with Crippen molar-refractivity contribution in [2.45, 2.75) is 38.5 Å². The fraction of sp³-hybridized carbons (Fsp3) is 0.571. The predicted molar refractivity (Wildman–Crippen MR) is 79.9 cm³/mol. The van der Waals surface area contributed by atoms with Crippen LogP contribution in [0.4, 0.5) is 21.5 Å². The van der Waals surface area contributed by atoms with E-state index in [2.05, 4.69) is 5.32 Å². The molecule has 5 heteroatoms. The molecule has 3 nitrogen and oxygen atoms in total. The summed E-state index contributed by atoms with van der Waals surface area (Å²) in [7, 11) is 0. The van der Waals surface area contributed by atoms with Crippen molar-refractivity contribution in [2.75, 3.05) is 23.3 Å². The minimum absolute atomic E-state index is 0.0608. The van der Waals surface area contributed by atoms with Crippen LogP contribution in [-0.2, 0) is 0 Å². The molecular formula is C14H21ClFN3. The third-order valence-corrected chi connectivity index (χ3v) is 4.23. The number of nitrogens with one attached hydrogen (secondary N) is 1. The Morgan fingerprint density at radius 1 is 1.21 bits per heavy atom. The van der Waals surface area contributed by atoms with Gasteiger partial charge in [-0.3, -0.25) is 0 Å². The number of rotatable bonds is 4. The number of benzene rings is 1. The molecule has 2 rings (SSSR count). The largest absolute Gasteiger partial charge is 0.397 e. The van der Waals surface area contributed by atoms with Gasteiger partial charge in [-0.1, -0.05) is 43.7 Å². The zero-order chi connectivity index (χ0) is 13.8. The van der Waals surface area contributed by atoms with Crippen LogP contribution in [0, 0.1) is 11.7 Å². The molecule has 1 fully saturated rings. The lowest BCUT2D eigenvalue weighted by atomic mass is 9.87. The van der Waals surface area contributed by atoms with E-state index in [0.29, 0.717) is 12.2 Å². The summed E-state index contributed by atoms with van der Waals surface area (Å²) in [5.74, 6) is 0.192. The van der Waals surface area contributed by atoms with Crippen molar-refractivity contribution in [3.63, 3.8) is 0 Å². The van der Waals surface area contributed by atoms with E-state index in [9.17, 15) is 4.39 Å². The molecule has 19 heavy (non-hydrogen) atoms. The Balaban J connectivity index is 1.94. The average molecular weight is 286 g/mol. The molecule has 0 bridgehead atoms. The van der Waals surface area contributed by atoms with Gasteiger partial charge in [0.1, 0.15) is 5.02 Å². The van der Waals surface area contributed by atoms with Crippen LogP contribution in [0.15, 0.2) is 6.07 Å². The summed E-state index contributed by atoms with van der Waals surface area (Å²) in [6.07, 6.45) is 7.58. The zero-order valence-corrected chi connectivity index (χ0v) is 11.8. The van der Waals surface area contributed by atoms with E-state index in [1.807, 2.05) is 0 Å². The summed E-state index contributed by atoms with van der Waals surface area (Å²) in [5.41, 5.74) is 12.1. The molecule has 0 amide bonds. The third kappa shape index (κ3) is 3.44. The molecule has 0 spiro atoms. The van der Waals surface area contributed by atoms with Crippen molar-refractivity contribution in [3.05, 3.63) is 16.9 Å². The number of anilines is 3. The average Bonchev–Trinajstić information content (AvgIpc) is 2.41. The second-order valence-corrected chi connectivity index (χ2v) is 5.66. The number of hydrogen-bond donors (Lipinski definition) is 3. The topological polar surface area (TPSA) is 64.1 Å². The van der Waals surface area contributed by atoms with E-state index in [4.69, 9.17) is 23.1 Å². The van der Waals surface area contributed by atoms with Gasteiger partial charge in [0.15, 0.2) is 5.82 Å². The van der Waals surface area contributed by atoms with E-state index < -0.39 is 5.82 Å². The van der Waals surface area contributed by atoms with Crippen LogP contribution in [0.3, 0.4) is 0 Å². The summed E-state index contributed by atoms with van der Waals surface area (Å²) in [6, 6.07) is 1.49. The quantitative estimate of drug-likeness (QED) is 0.732. The lowest BCUT2D eigenvalue weighted by Gasteiger charge is -2.22. The van der Waals surface area contributed by atoms with Gasteiger partial charge in [0.2, 0.25) is 0 Å². The van der Waals surface area contributed by atoms with Crippen molar-refractivity contribution in [1.82, 2.24) is 0 Å². The van der Waals surface area contributed by atoms with Gasteiger partial charge in [0.05, 0.1) is 17.1 Å². The second-order valence-electron chi connectivity index (χ2n) is 5.28. The number of halogens is 2. The number of nitrogen functional groups attached to an aromatic ring is 2. The van der Waals surface area contributed by atoms with Crippen LogP contribution >= 0.6 is 11.6 Å². The molecule has 1 saturated carbocycles. The molecule has 0 unspecified atom stereocenters. The zero-order valence-electron chi connectivity index (χ0n) is 11.0. The Labute approximate surface area is 118 Å². The Morgan fingerprint density at radius 2 is 1.89 bits per heavy atom. The van der Waals surface area contributed by atoms with Gasteiger partial charge < -0.3 is 16.8 Å². The molecule has 1 aromatic carbocycles. The Hall–Kier alpha value is -1.16. The van der Waals surface area contributed by atoms with Gasteiger partial charge >= 0.3 is 0 Å². The SMILES string of the molecule is Nc1cc(N)c(NCCC2CCCCC2)c(F)c1Cl. The van der Waals surface area contributed by atoms with Crippen LogP contribution in [0.5, 0.6) is 0 Å². The molecule has 0 heterocycles. The van der Waals surface area contributed by atoms with Gasteiger partial charge in [-0.25, -0.2) is 4.39 Å². The summed E-state index contributed by atoms with van der Waals surface area (Å²) in [4.78, 5) is 0. The Kier molecular flexibility index (Phi) is 4.75. The second kappa shape index (κ2) is 6.33. The van der Waals surface area contributed by atoms with Crippen LogP contribution in [0.2, 0.25) is 5.02 Å². The van der Waals surface area contributed by atoms with Gasteiger partial charge in [0, 0.05) is 6.54 Å². The molecule has 0 radical (unpaired) electrons. The molecular weight excluding hydrogens is 265 g/mol. The van der Waals surface area contributed by atoms with Crippen molar-refractivity contribution in [3.8, 4) is 0 Å². The molecule has 0 aromatic heterocycles. The maximum Gasteiger partial charge on any atom is 0.169 e. The summed E-state index contributed by atoms with van der Waals surface area (Å²) < 4.78 is 13.9. The minimum atomic E-state index is -0.553. The van der Waals surface area contributed by atoms with Gasteiger partial charge in [-0.15, -0.1) is 0 Å². The van der Waals surface area contributed by atoms with Crippen LogP contribution in [0.25, 0.3) is 0 Å². The van der Waals surface area contributed by atoms with E-state index in [-0.39, 0.29) is 16.4 Å². The number of hydrogen-bond acceptors (Lipinski definition) is 3. The summed E-state index contributed by atoms with van der Waals surface area (Å²) >= 11 is 5.79. The monoisotopic (exact) mass is 285 g/mol. The summed E-state index contributed by atoms with van der Waals surface area (Å²) in [5, 5.41) is 3.00. The van der Waals surface area contributed by atoms with E-state index in [1.165, 1.54) is 38.2 Å². The van der Waals surface area contributed by atoms with E-state index in [1.54, 1.807) is 0 Å². The van der Waals surface area contributed by atoms with Crippen molar-refractivity contribution >= 4 is 28.7 Å². The molecule has 106 valence electrons. The lowest BCUT2D eigenvalue weighted by Crippen LogP contribution is -2.14.